The van der Waals surface area contributed by atoms with E-state index in [1.165, 1.54) is 0 Å². The lowest BCUT2D eigenvalue weighted by Gasteiger charge is -2.27. The summed E-state index contributed by atoms with van der Waals surface area (Å²) in [6, 6.07) is -0.932. The van der Waals surface area contributed by atoms with Crippen molar-refractivity contribution in [3.05, 3.63) is 0 Å². The zero-order chi connectivity index (χ0) is 16.7. The summed E-state index contributed by atoms with van der Waals surface area (Å²) in [5.41, 5.74) is -0.700. The van der Waals surface area contributed by atoms with E-state index in [0.29, 0.717) is 0 Å². The minimum Gasteiger partial charge on any atom is -0.464 e. The molecular formula is C15H23F2NO4. The van der Waals surface area contributed by atoms with Gasteiger partial charge in [0, 0.05) is 11.8 Å². The van der Waals surface area contributed by atoms with E-state index in [1.54, 1.807) is 27.7 Å². The van der Waals surface area contributed by atoms with Gasteiger partial charge in [-0.05, 0) is 46.5 Å². The van der Waals surface area contributed by atoms with Gasteiger partial charge in [0.1, 0.15) is 11.6 Å². The molecule has 2 unspecified atom stereocenters. The first kappa shape index (κ1) is 17.0. The van der Waals surface area contributed by atoms with Crippen LogP contribution in [0.15, 0.2) is 0 Å². The van der Waals surface area contributed by atoms with Crippen LogP contribution in [-0.4, -0.2) is 36.2 Å². The van der Waals surface area contributed by atoms with Crippen LogP contribution in [0.25, 0.3) is 0 Å². The number of fused-ring (bicyclic) bond motifs is 1. The van der Waals surface area contributed by atoms with Crippen molar-refractivity contribution in [2.75, 3.05) is 6.61 Å². The number of ether oxygens (including phenoxy) is 2. The van der Waals surface area contributed by atoms with Crippen molar-refractivity contribution in [1.29, 1.82) is 0 Å². The molecule has 1 amide bonds. The largest absolute Gasteiger partial charge is 0.464 e. The molecule has 0 spiro atoms. The third-order valence-corrected chi connectivity index (χ3v) is 4.16. The minimum atomic E-state index is -2.61. The number of amides is 1. The third-order valence-electron chi connectivity index (χ3n) is 4.16. The van der Waals surface area contributed by atoms with Crippen LogP contribution in [0.1, 0.15) is 40.5 Å². The fourth-order valence-electron chi connectivity index (χ4n) is 3.16. The number of carbonyl (C=O) groups excluding carboxylic acids is 2. The van der Waals surface area contributed by atoms with Gasteiger partial charge in [-0.1, -0.05) is 0 Å². The number of rotatable bonds is 4. The first-order valence-electron chi connectivity index (χ1n) is 7.60. The van der Waals surface area contributed by atoms with Crippen molar-refractivity contribution in [1.82, 2.24) is 5.32 Å². The van der Waals surface area contributed by atoms with Crippen LogP contribution >= 0.6 is 0 Å². The lowest BCUT2D eigenvalue weighted by Crippen LogP contribution is -2.48. The summed E-state index contributed by atoms with van der Waals surface area (Å²) in [5, 5.41) is 2.49. The van der Waals surface area contributed by atoms with Gasteiger partial charge in [0.25, 0.3) is 5.92 Å². The van der Waals surface area contributed by atoms with Gasteiger partial charge in [-0.3, -0.25) is 0 Å². The second kappa shape index (κ2) is 5.66. The van der Waals surface area contributed by atoms with Gasteiger partial charge in [0.2, 0.25) is 0 Å². The van der Waals surface area contributed by atoms with Crippen molar-refractivity contribution in [3.8, 4) is 0 Å². The second-order valence-corrected chi connectivity index (χ2v) is 6.99. The average Bonchev–Trinajstić information content (AvgIpc) is 2.76. The highest BCUT2D eigenvalue weighted by atomic mass is 19.3. The molecule has 0 aliphatic heterocycles. The van der Waals surface area contributed by atoms with Gasteiger partial charge in [0.05, 0.1) is 6.61 Å². The van der Waals surface area contributed by atoms with Crippen LogP contribution < -0.4 is 5.32 Å². The number of alkyl halides is 2. The first-order chi connectivity index (χ1) is 10.1. The molecule has 4 atom stereocenters. The summed E-state index contributed by atoms with van der Waals surface area (Å²) in [4.78, 5) is 23.9. The summed E-state index contributed by atoms with van der Waals surface area (Å²) in [6.45, 7) is 6.94. The van der Waals surface area contributed by atoms with E-state index in [0.717, 1.165) is 0 Å². The minimum absolute atomic E-state index is 0.168. The topological polar surface area (TPSA) is 64.6 Å². The van der Waals surface area contributed by atoms with Crippen molar-refractivity contribution >= 4 is 12.1 Å². The maximum absolute atomic E-state index is 13.3. The Morgan fingerprint density at radius 3 is 2.27 bits per heavy atom. The van der Waals surface area contributed by atoms with Crippen molar-refractivity contribution < 1.29 is 27.8 Å². The van der Waals surface area contributed by atoms with Gasteiger partial charge >= 0.3 is 12.1 Å². The van der Waals surface area contributed by atoms with Crippen LogP contribution in [-0.2, 0) is 14.3 Å². The molecule has 2 aliphatic rings. The molecule has 2 fully saturated rings. The Morgan fingerprint density at radius 1 is 1.27 bits per heavy atom. The zero-order valence-electron chi connectivity index (χ0n) is 13.3. The molecule has 0 radical (unpaired) electrons. The number of hydrogen-bond donors (Lipinski definition) is 1. The molecule has 0 aromatic heterocycles. The van der Waals surface area contributed by atoms with Crippen LogP contribution in [0.5, 0.6) is 0 Å². The average molecular weight is 319 g/mol. The Kier molecular flexibility index (Phi) is 4.37. The summed E-state index contributed by atoms with van der Waals surface area (Å²) < 4.78 is 36.7. The van der Waals surface area contributed by atoms with E-state index >= 15 is 0 Å². The van der Waals surface area contributed by atoms with Crippen molar-refractivity contribution in [2.24, 2.45) is 17.8 Å². The smallest absolute Gasteiger partial charge is 0.408 e. The standard InChI is InChI=1S/C15H23F2NO4/c1-5-21-12(19)11(18-13(20)22-14(2,3)4)8-6-9-10(7-8)15(9,16)17/h8-11H,5-7H2,1-4H3,(H,18,20)/t8?,9-,10+,11?. The molecule has 0 saturated heterocycles. The van der Waals surface area contributed by atoms with Crippen molar-refractivity contribution in [3.63, 3.8) is 0 Å². The van der Waals surface area contributed by atoms with Crippen molar-refractivity contribution in [2.45, 2.75) is 58.1 Å². The summed E-state index contributed by atoms with van der Waals surface area (Å²) in [7, 11) is 0. The predicted molar refractivity (Wildman–Crippen MR) is 74.4 cm³/mol. The Hall–Kier alpha value is -1.40. The number of alkyl carbamates (subject to hydrolysis) is 1. The Balaban J connectivity index is 1.99. The lowest BCUT2D eigenvalue weighted by atomic mass is 9.94. The molecular weight excluding hydrogens is 296 g/mol. The van der Waals surface area contributed by atoms with Crippen LogP contribution in [0.4, 0.5) is 13.6 Å². The SMILES string of the molecule is CCOC(=O)C(NC(=O)OC(C)(C)C)C1C[C@@H]2[C@H](C1)C2(F)F. The molecule has 2 aliphatic carbocycles. The molecule has 0 heterocycles. The predicted octanol–water partition coefficient (Wildman–Crippen LogP) is 2.73. The van der Waals surface area contributed by atoms with Gasteiger partial charge in [-0.15, -0.1) is 0 Å². The Bertz CT molecular complexity index is 447. The lowest BCUT2D eigenvalue weighted by molar-refractivity contribution is -0.147. The molecule has 2 saturated carbocycles. The van der Waals surface area contributed by atoms with Gasteiger partial charge in [-0.2, -0.15) is 0 Å². The number of carbonyl (C=O) groups is 2. The zero-order valence-corrected chi connectivity index (χ0v) is 13.3. The number of hydrogen-bond acceptors (Lipinski definition) is 4. The van der Waals surface area contributed by atoms with E-state index in [1.807, 2.05) is 0 Å². The molecule has 7 heteroatoms. The molecule has 22 heavy (non-hydrogen) atoms. The molecule has 1 N–H and O–H groups in total. The number of nitrogens with one attached hydrogen (secondary N) is 1. The van der Waals surface area contributed by atoms with Gasteiger partial charge in [-0.25, -0.2) is 18.4 Å². The Labute approximate surface area is 128 Å². The Morgan fingerprint density at radius 2 is 1.82 bits per heavy atom. The third kappa shape index (κ3) is 3.50. The highest BCUT2D eigenvalue weighted by molar-refractivity contribution is 5.81. The first-order valence-corrected chi connectivity index (χ1v) is 7.60. The van der Waals surface area contributed by atoms with E-state index in [4.69, 9.17) is 9.47 Å². The van der Waals surface area contributed by atoms with Gasteiger partial charge in [0.15, 0.2) is 0 Å². The molecule has 5 nitrogen and oxygen atoms in total. The quantitative estimate of drug-likeness (QED) is 0.809. The molecule has 126 valence electrons. The molecule has 2 rings (SSSR count). The highest BCUT2D eigenvalue weighted by Gasteiger charge is 2.72. The maximum Gasteiger partial charge on any atom is 0.408 e. The van der Waals surface area contributed by atoms with Gasteiger partial charge < -0.3 is 14.8 Å². The number of esters is 1. The molecule has 0 aromatic carbocycles. The molecule has 0 bridgehead atoms. The summed E-state index contributed by atoms with van der Waals surface area (Å²) >= 11 is 0. The van der Waals surface area contributed by atoms with Crippen LogP contribution in [0, 0.1) is 17.8 Å². The monoisotopic (exact) mass is 319 g/mol. The van der Waals surface area contributed by atoms with E-state index in [2.05, 4.69) is 5.32 Å². The van der Waals surface area contributed by atoms with E-state index in [9.17, 15) is 18.4 Å². The summed E-state index contributed by atoms with van der Waals surface area (Å²) in [6.07, 6.45) is -0.300. The van der Waals surface area contributed by atoms with E-state index < -0.39 is 41.5 Å². The van der Waals surface area contributed by atoms with Crippen LogP contribution in [0.2, 0.25) is 0 Å². The normalized spacial score (nSPS) is 30.2. The fourth-order valence-corrected chi connectivity index (χ4v) is 3.16. The van der Waals surface area contributed by atoms with E-state index in [-0.39, 0.29) is 25.4 Å². The maximum atomic E-state index is 13.3. The number of halogens is 2. The fraction of sp³-hybridized carbons (Fsp3) is 0.867. The molecule has 0 aromatic rings. The second-order valence-electron chi connectivity index (χ2n) is 6.99. The van der Waals surface area contributed by atoms with Crippen LogP contribution in [0.3, 0.4) is 0 Å². The highest BCUT2D eigenvalue weighted by Crippen LogP contribution is 2.66. The summed E-state index contributed by atoms with van der Waals surface area (Å²) in [5.74, 6) is -4.88.